The van der Waals surface area contributed by atoms with Gasteiger partial charge in [0.05, 0.1) is 23.8 Å². The third kappa shape index (κ3) is 2.66. The summed E-state index contributed by atoms with van der Waals surface area (Å²) >= 11 is 6.06. The van der Waals surface area contributed by atoms with E-state index in [9.17, 15) is 4.79 Å². The number of hydrogen-bond acceptors (Lipinski definition) is 5. The average molecular weight is 258 g/mol. The maximum absolute atomic E-state index is 11.2. The van der Waals surface area contributed by atoms with E-state index in [0.29, 0.717) is 24.1 Å². The summed E-state index contributed by atoms with van der Waals surface area (Å²) in [6, 6.07) is 1.48. The van der Waals surface area contributed by atoms with Crippen LogP contribution in [0.3, 0.4) is 0 Å². The SMILES string of the molecule is O=C(NO)c1cnc(N2CCOCC2)c(Cl)c1. The van der Waals surface area contributed by atoms with Gasteiger partial charge >= 0.3 is 0 Å². The third-order valence-corrected chi connectivity index (χ3v) is 2.77. The van der Waals surface area contributed by atoms with Crippen LogP contribution in [0.4, 0.5) is 5.82 Å². The lowest BCUT2D eigenvalue weighted by Crippen LogP contribution is -2.37. The van der Waals surface area contributed by atoms with Crippen LogP contribution >= 0.6 is 11.6 Å². The van der Waals surface area contributed by atoms with Crippen LogP contribution in [0.1, 0.15) is 10.4 Å². The van der Waals surface area contributed by atoms with E-state index in [1.807, 2.05) is 4.90 Å². The second kappa shape index (κ2) is 5.31. The van der Waals surface area contributed by atoms with Crippen molar-refractivity contribution < 1.29 is 14.7 Å². The first-order valence-corrected chi connectivity index (χ1v) is 5.53. The van der Waals surface area contributed by atoms with E-state index >= 15 is 0 Å². The number of carbonyl (C=O) groups excluding carboxylic acids is 1. The standard InChI is InChI=1S/C10H12ClN3O3/c11-8-5-7(10(15)13-16)6-12-9(8)14-1-3-17-4-2-14/h5-6,16H,1-4H2,(H,13,15). The number of pyridine rings is 1. The molecule has 1 aromatic rings. The van der Waals surface area contributed by atoms with Crippen molar-refractivity contribution in [2.45, 2.75) is 0 Å². The fraction of sp³-hybridized carbons (Fsp3) is 0.400. The summed E-state index contributed by atoms with van der Waals surface area (Å²) in [5.74, 6) is -0.00242. The molecule has 17 heavy (non-hydrogen) atoms. The first-order valence-electron chi connectivity index (χ1n) is 5.15. The van der Waals surface area contributed by atoms with Crippen LogP contribution in [-0.4, -0.2) is 42.4 Å². The topological polar surface area (TPSA) is 74.7 Å². The van der Waals surface area contributed by atoms with Gasteiger partial charge in [-0.15, -0.1) is 0 Å². The summed E-state index contributed by atoms with van der Waals surface area (Å²) in [5.41, 5.74) is 1.75. The number of amides is 1. The molecule has 2 heterocycles. The van der Waals surface area contributed by atoms with Crippen LogP contribution in [-0.2, 0) is 4.74 Å². The molecule has 0 bridgehead atoms. The molecule has 1 amide bonds. The van der Waals surface area contributed by atoms with Gasteiger partial charge in [-0.3, -0.25) is 10.0 Å². The number of hydrogen-bond donors (Lipinski definition) is 2. The van der Waals surface area contributed by atoms with Gasteiger partial charge in [-0.25, -0.2) is 10.5 Å². The highest BCUT2D eigenvalue weighted by Gasteiger charge is 2.17. The van der Waals surface area contributed by atoms with Gasteiger partial charge in [-0.05, 0) is 6.07 Å². The lowest BCUT2D eigenvalue weighted by molar-refractivity contribution is 0.0706. The molecule has 2 N–H and O–H groups in total. The Hall–Kier alpha value is -1.37. The molecule has 1 aliphatic heterocycles. The summed E-state index contributed by atoms with van der Waals surface area (Å²) in [4.78, 5) is 17.3. The van der Waals surface area contributed by atoms with Gasteiger partial charge < -0.3 is 9.64 Å². The van der Waals surface area contributed by atoms with Gasteiger partial charge in [0.25, 0.3) is 5.91 Å². The summed E-state index contributed by atoms with van der Waals surface area (Å²) in [6.45, 7) is 2.71. The van der Waals surface area contributed by atoms with E-state index < -0.39 is 5.91 Å². The molecule has 1 aromatic heterocycles. The molecule has 2 rings (SSSR count). The highest BCUT2D eigenvalue weighted by Crippen LogP contribution is 2.24. The molecule has 1 saturated heterocycles. The molecule has 0 aliphatic carbocycles. The molecule has 1 fully saturated rings. The van der Waals surface area contributed by atoms with Crippen LogP contribution < -0.4 is 10.4 Å². The third-order valence-electron chi connectivity index (χ3n) is 2.50. The average Bonchev–Trinajstić information content (AvgIpc) is 2.38. The summed E-state index contributed by atoms with van der Waals surface area (Å²) in [5, 5.41) is 8.88. The molecular formula is C10H12ClN3O3. The Balaban J connectivity index is 2.21. The molecule has 0 aromatic carbocycles. The zero-order valence-electron chi connectivity index (χ0n) is 9.02. The van der Waals surface area contributed by atoms with Gasteiger partial charge in [-0.1, -0.05) is 11.6 Å². The molecule has 0 spiro atoms. The van der Waals surface area contributed by atoms with Crippen molar-refractivity contribution in [1.82, 2.24) is 10.5 Å². The van der Waals surface area contributed by atoms with E-state index in [1.54, 1.807) is 0 Å². The number of ether oxygens (including phenoxy) is 1. The van der Waals surface area contributed by atoms with Crippen molar-refractivity contribution in [2.75, 3.05) is 31.2 Å². The molecule has 92 valence electrons. The van der Waals surface area contributed by atoms with Crippen LogP contribution in [0.5, 0.6) is 0 Å². The van der Waals surface area contributed by atoms with Gasteiger partial charge in [0, 0.05) is 19.3 Å². The molecular weight excluding hydrogens is 246 g/mol. The molecule has 1 aliphatic rings. The van der Waals surface area contributed by atoms with E-state index in [2.05, 4.69) is 4.98 Å². The van der Waals surface area contributed by atoms with Crippen LogP contribution in [0.2, 0.25) is 5.02 Å². The van der Waals surface area contributed by atoms with Crippen molar-refractivity contribution in [3.8, 4) is 0 Å². The van der Waals surface area contributed by atoms with E-state index in [-0.39, 0.29) is 5.56 Å². The number of morpholine rings is 1. The first-order chi connectivity index (χ1) is 8.22. The number of rotatable bonds is 2. The number of nitrogens with zero attached hydrogens (tertiary/aromatic N) is 2. The lowest BCUT2D eigenvalue weighted by Gasteiger charge is -2.28. The van der Waals surface area contributed by atoms with Crippen LogP contribution in [0.25, 0.3) is 0 Å². The maximum atomic E-state index is 11.2. The highest BCUT2D eigenvalue weighted by molar-refractivity contribution is 6.33. The van der Waals surface area contributed by atoms with E-state index in [0.717, 1.165) is 13.1 Å². The maximum Gasteiger partial charge on any atom is 0.276 e. The van der Waals surface area contributed by atoms with Crippen molar-refractivity contribution >= 4 is 23.3 Å². The van der Waals surface area contributed by atoms with Crippen molar-refractivity contribution in [2.24, 2.45) is 0 Å². The fourth-order valence-electron chi connectivity index (χ4n) is 1.63. The minimum atomic E-state index is -0.632. The van der Waals surface area contributed by atoms with Gasteiger partial charge in [0.2, 0.25) is 0 Å². The first kappa shape index (κ1) is 12.1. The predicted molar refractivity (Wildman–Crippen MR) is 61.5 cm³/mol. The molecule has 6 nitrogen and oxygen atoms in total. The molecule has 0 unspecified atom stereocenters. The predicted octanol–water partition coefficient (Wildman–Crippen LogP) is 0.691. The Morgan fingerprint density at radius 2 is 2.24 bits per heavy atom. The minimum Gasteiger partial charge on any atom is -0.378 e. The van der Waals surface area contributed by atoms with Crippen LogP contribution in [0.15, 0.2) is 12.3 Å². The Morgan fingerprint density at radius 1 is 1.53 bits per heavy atom. The number of halogens is 1. The summed E-state index contributed by atoms with van der Waals surface area (Å²) in [6.07, 6.45) is 1.38. The van der Waals surface area contributed by atoms with Crippen molar-refractivity contribution in [3.05, 3.63) is 22.8 Å². The Morgan fingerprint density at radius 3 is 2.82 bits per heavy atom. The largest absolute Gasteiger partial charge is 0.378 e. The minimum absolute atomic E-state index is 0.217. The molecule has 0 radical (unpaired) electrons. The number of hydroxylamine groups is 1. The Labute approximate surface area is 103 Å². The Bertz CT molecular complexity index is 421. The monoisotopic (exact) mass is 257 g/mol. The fourth-order valence-corrected chi connectivity index (χ4v) is 1.91. The molecule has 7 heteroatoms. The van der Waals surface area contributed by atoms with Crippen molar-refractivity contribution in [3.63, 3.8) is 0 Å². The lowest BCUT2D eigenvalue weighted by atomic mass is 10.2. The molecule has 0 atom stereocenters. The van der Waals surface area contributed by atoms with E-state index in [1.165, 1.54) is 17.7 Å². The second-order valence-corrected chi connectivity index (χ2v) is 3.98. The van der Waals surface area contributed by atoms with Gasteiger partial charge in [0.1, 0.15) is 5.82 Å². The van der Waals surface area contributed by atoms with Crippen molar-refractivity contribution in [1.29, 1.82) is 0 Å². The number of aromatic nitrogens is 1. The van der Waals surface area contributed by atoms with Gasteiger partial charge in [-0.2, -0.15) is 0 Å². The molecule has 0 saturated carbocycles. The number of anilines is 1. The smallest absolute Gasteiger partial charge is 0.276 e. The van der Waals surface area contributed by atoms with E-state index in [4.69, 9.17) is 21.5 Å². The quantitative estimate of drug-likeness (QED) is 0.602. The normalized spacial score (nSPS) is 15.8. The number of carbonyl (C=O) groups is 1. The van der Waals surface area contributed by atoms with Crippen LogP contribution in [0, 0.1) is 0 Å². The van der Waals surface area contributed by atoms with Gasteiger partial charge in [0.15, 0.2) is 0 Å². The zero-order valence-corrected chi connectivity index (χ0v) is 9.78. The second-order valence-electron chi connectivity index (χ2n) is 3.57. The zero-order chi connectivity index (χ0) is 12.3. The summed E-state index contributed by atoms with van der Waals surface area (Å²) < 4.78 is 5.23. The summed E-state index contributed by atoms with van der Waals surface area (Å²) in [7, 11) is 0. The highest BCUT2D eigenvalue weighted by atomic mass is 35.5. The Kier molecular flexibility index (Phi) is 3.78. The number of nitrogens with one attached hydrogen (secondary N) is 1.